The van der Waals surface area contributed by atoms with E-state index in [1.54, 1.807) is 25.1 Å². The Hall–Kier alpha value is -2.93. The van der Waals surface area contributed by atoms with Gasteiger partial charge in [-0.3, -0.25) is 4.79 Å². The molecule has 0 aliphatic carbocycles. The Morgan fingerprint density at radius 2 is 1.85 bits per heavy atom. The molecule has 8 heteroatoms. The minimum atomic E-state index is -1.31. The number of carbonyl (C=O) groups excluding carboxylic acids is 2. The van der Waals surface area contributed by atoms with Crippen LogP contribution in [0.25, 0.3) is 11.0 Å². The van der Waals surface area contributed by atoms with E-state index in [4.69, 9.17) is 20.8 Å². The van der Waals surface area contributed by atoms with Crippen LogP contribution in [0.1, 0.15) is 23.0 Å². The van der Waals surface area contributed by atoms with Gasteiger partial charge in [-0.2, -0.15) is 0 Å². The number of hydrogen-bond donors (Lipinski definition) is 1. The zero-order chi connectivity index (χ0) is 19.7. The highest BCUT2D eigenvalue weighted by atomic mass is 35.5. The molecule has 0 bridgehead atoms. The van der Waals surface area contributed by atoms with Crippen LogP contribution >= 0.6 is 11.6 Å². The topological polar surface area (TPSA) is 68.5 Å². The van der Waals surface area contributed by atoms with Gasteiger partial charge in [-0.1, -0.05) is 17.7 Å². The van der Waals surface area contributed by atoms with E-state index in [-0.39, 0.29) is 5.76 Å². The van der Waals surface area contributed by atoms with E-state index in [1.807, 2.05) is 0 Å². The van der Waals surface area contributed by atoms with Crippen LogP contribution in [0.3, 0.4) is 0 Å². The molecule has 1 atom stereocenters. The molecule has 3 aromatic rings. The lowest BCUT2D eigenvalue weighted by Gasteiger charge is -2.13. The number of anilines is 1. The summed E-state index contributed by atoms with van der Waals surface area (Å²) in [5.41, 5.74) is 0.333. The average Bonchev–Trinajstić information content (AvgIpc) is 2.94. The van der Waals surface area contributed by atoms with Crippen LogP contribution in [0.15, 0.2) is 40.8 Å². The summed E-state index contributed by atoms with van der Waals surface area (Å²) in [5, 5.41) is 3.19. The lowest BCUT2D eigenvalue weighted by atomic mass is 10.1. The van der Waals surface area contributed by atoms with Gasteiger partial charge in [-0.15, -0.1) is 0 Å². The van der Waals surface area contributed by atoms with Crippen molar-refractivity contribution in [2.75, 3.05) is 5.32 Å². The van der Waals surface area contributed by atoms with Crippen LogP contribution in [0, 0.1) is 18.6 Å². The van der Waals surface area contributed by atoms with Gasteiger partial charge in [0.15, 0.2) is 6.10 Å². The van der Waals surface area contributed by atoms with E-state index in [9.17, 15) is 18.4 Å². The molecule has 2 aromatic carbocycles. The maximum Gasteiger partial charge on any atom is 0.375 e. The largest absolute Gasteiger partial charge is 0.449 e. The first-order valence-corrected chi connectivity index (χ1v) is 8.30. The highest BCUT2D eigenvalue weighted by Gasteiger charge is 2.25. The average molecular weight is 394 g/mol. The van der Waals surface area contributed by atoms with E-state index in [1.165, 1.54) is 13.0 Å². The van der Waals surface area contributed by atoms with E-state index in [0.29, 0.717) is 21.6 Å². The monoisotopic (exact) mass is 393 g/mol. The molecule has 1 N–H and O–H groups in total. The Morgan fingerprint density at radius 3 is 2.52 bits per heavy atom. The number of rotatable bonds is 4. The molecule has 140 valence electrons. The van der Waals surface area contributed by atoms with Crippen molar-refractivity contribution in [2.45, 2.75) is 20.0 Å². The second kappa shape index (κ2) is 7.36. The van der Waals surface area contributed by atoms with Gasteiger partial charge in [-0.25, -0.2) is 13.6 Å². The summed E-state index contributed by atoms with van der Waals surface area (Å²) in [6.07, 6.45) is -1.31. The van der Waals surface area contributed by atoms with Crippen LogP contribution in [0.2, 0.25) is 5.02 Å². The Labute approximate surface area is 157 Å². The molecule has 0 fully saturated rings. The van der Waals surface area contributed by atoms with Crippen LogP contribution in [-0.2, 0) is 9.53 Å². The summed E-state index contributed by atoms with van der Waals surface area (Å²) in [7, 11) is 0. The number of ether oxygens (including phenoxy) is 1. The molecular formula is C19H14ClF2NO4. The van der Waals surface area contributed by atoms with E-state index < -0.39 is 35.3 Å². The summed E-state index contributed by atoms with van der Waals surface area (Å²) in [4.78, 5) is 24.5. The number of esters is 1. The third kappa shape index (κ3) is 3.78. The molecule has 0 saturated carbocycles. The van der Waals surface area contributed by atoms with Crippen molar-refractivity contribution in [3.63, 3.8) is 0 Å². The highest BCUT2D eigenvalue weighted by Crippen LogP contribution is 2.28. The van der Waals surface area contributed by atoms with Crippen molar-refractivity contribution in [1.29, 1.82) is 0 Å². The Kier molecular flexibility index (Phi) is 5.14. The van der Waals surface area contributed by atoms with Gasteiger partial charge in [0.1, 0.15) is 22.9 Å². The van der Waals surface area contributed by atoms with Crippen LogP contribution in [0.4, 0.5) is 14.5 Å². The van der Waals surface area contributed by atoms with Crippen molar-refractivity contribution in [3.8, 4) is 0 Å². The molecule has 1 amide bonds. The second-order valence-corrected chi connectivity index (χ2v) is 6.27. The number of nitrogens with one attached hydrogen (secondary N) is 1. The maximum absolute atomic E-state index is 13.6. The van der Waals surface area contributed by atoms with Crippen molar-refractivity contribution in [1.82, 2.24) is 0 Å². The molecule has 0 aliphatic rings. The van der Waals surface area contributed by atoms with Gasteiger partial charge in [0.25, 0.3) is 5.91 Å². The normalized spacial score (nSPS) is 12.0. The Morgan fingerprint density at radius 1 is 1.19 bits per heavy atom. The lowest BCUT2D eigenvalue weighted by molar-refractivity contribution is -0.123. The molecule has 27 heavy (non-hydrogen) atoms. The number of halogens is 3. The van der Waals surface area contributed by atoms with Crippen molar-refractivity contribution >= 4 is 40.1 Å². The van der Waals surface area contributed by atoms with E-state index >= 15 is 0 Å². The molecule has 0 aliphatic heterocycles. The van der Waals surface area contributed by atoms with Crippen LogP contribution < -0.4 is 5.32 Å². The van der Waals surface area contributed by atoms with Crippen molar-refractivity contribution < 1.29 is 27.5 Å². The molecule has 1 heterocycles. The number of amides is 1. The molecule has 0 spiro atoms. The van der Waals surface area contributed by atoms with Gasteiger partial charge < -0.3 is 14.5 Å². The number of furan rings is 1. The van der Waals surface area contributed by atoms with Gasteiger partial charge in [0, 0.05) is 16.0 Å². The van der Waals surface area contributed by atoms with E-state index in [0.717, 1.165) is 12.1 Å². The zero-order valence-corrected chi connectivity index (χ0v) is 15.1. The number of fused-ring (bicyclic) bond motifs is 1. The smallest absolute Gasteiger partial charge is 0.375 e. The molecule has 0 radical (unpaired) electrons. The summed E-state index contributed by atoms with van der Waals surface area (Å²) >= 11 is 5.94. The predicted octanol–water partition coefficient (Wildman–Crippen LogP) is 4.86. The fourth-order valence-electron chi connectivity index (χ4n) is 2.50. The van der Waals surface area contributed by atoms with Crippen LogP contribution in [-0.4, -0.2) is 18.0 Å². The molecular weight excluding hydrogens is 380 g/mol. The van der Waals surface area contributed by atoms with E-state index in [2.05, 4.69) is 5.32 Å². The quantitative estimate of drug-likeness (QED) is 0.643. The first-order chi connectivity index (χ1) is 12.8. The summed E-state index contributed by atoms with van der Waals surface area (Å²) < 4.78 is 37.8. The van der Waals surface area contributed by atoms with Gasteiger partial charge in [0.2, 0.25) is 5.76 Å². The standard InChI is InChI=1S/C19H14ClF2NO4/c1-9-12-8-11(20)6-7-15(12)27-17(9)19(25)26-10(2)18(24)23-16-13(21)4-3-5-14(16)22/h3-8,10H,1-2H3,(H,23,24). The van der Waals surface area contributed by atoms with Crippen LogP contribution in [0.5, 0.6) is 0 Å². The first kappa shape index (κ1) is 18.8. The molecule has 5 nitrogen and oxygen atoms in total. The second-order valence-electron chi connectivity index (χ2n) is 5.83. The van der Waals surface area contributed by atoms with Crippen molar-refractivity contribution in [2.24, 2.45) is 0 Å². The first-order valence-electron chi connectivity index (χ1n) is 7.92. The van der Waals surface area contributed by atoms with Gasteiger partial charge in [0.05, 0.1) is 0 Å². The number of carbonyl (C=O) groups is 2. The van der Waals surface area contributed by atoms with Crippen molar-refractivity contribution in [3.05, 3.63) is 64.4 Å². The fourth-order valence-corrected chi connectivity index (χ4v) is 2.67. The van der Waals surface area contributed by atoms with Gasteiger partial charge in [-0.05, 0) is 44.2 Å². The number of aryl methyl sites for hydroxylation is 1. The summed E-state index contributed by atoms with van der Waals surface area (Å²) in [6.45, 7) is 2.93. The Bertz CT molecular complexity index is 1030. The highest BCUT2D eigenvalue weighted by molar-refractivity contribution is 6.31. The number of benzene rings is 2. The fraction of sp³-hybridized carbons (Fsp3) is 0.158. The summed E-state index contributed by atoms with van der Waals surface area (Å²) in [6, 6.07) is 8.03. The van der Waals surface area contributed by atoms with Gasteiger partial charge >= 0.3 is 5.97 Å². The minimum absolute atomic E-state index is 0.0796. The minimum Gasteiger partial charge on any atom is -0.449 e. The number of hydrogen-bond acceptors (Lipinski definition) is 4. The lowest BCUT2D eigenvalue weighted by Crippen LogP contribution is -2.30. The Balaban J connectivity index is 1.76. The molecule has 1 unspecified atom stereocenters. The number of para-hydroxylation sites is 1. The predicted molar refractivity (Wildman–Crippen MR) is 95.8 cm³/mol. The molecule has 0 saturated heterocycles. The summed E-state index contributed by atoms with van der Waals surface area (Å²) in [5.74, 6) is -3.72. The third-order valence-electron chi connectivity index (χ3n) is 3.95. The molecule has 1 aromatic heterocycles. The SMILES string of the molecule is Cc1c(C(=O)OC(C)C(=O)Nc2c(F)cccc2F)oc2ccc(Cl)cc12. The third-order valence-corrected chi connectivity index (χ3v) is 4.18. The zero-order valence-electron chi connectivity index (χ0n) is 14.3. The maximum atomic E-state index is 13.6. The molecule has 3 rings (SSSR count).